The molecule has 0 aliphatic rings. The summed E-state index contributed by atoms with van der Waals surface area (Å²) in [5.74, 6) is 2.29. The molecule has 0 aromatic carbocycles. The van der Waals surface area contributed by atoms with Gasteiger partial charge in [-0.1, -0.05) is 27.2 Å². The van der Waals surface area contributed by atoms with E-state index in [1.165, 1.54) is 0 Å². The number of furan rings is 1. The van der Waals surface area contributed by atoms with Crippen LogP contribution in [0, 0.1) is 0 Å². The minimum absolute atomic E-state index is 0. The van der Waals surface area contributed by atoms with Gasteiger partial charge >= 0.3 is 0 Å². The van der Waals surface area contributed by atoms with Gasteiger partial charge in [0.15, 0.2) is 5.96 Å². The molecule has 140 valence electrons. The molecule has 0 unspecified atom stereocenters. The Morgan fingerprint density at radius 3 is 2.76 bits per heavy atom. The summed E-state index contributed by atoms with van der Waals surface area (Å²) in [6, 6.07) is 3.91. The first-order valence-corrected chi connectivity index (χ1v) is 9.56. The smallest absolute Gasteiger partial charge is 0.191 e. The molecule has 7 heteroatoms. The fraction of sp³-hybridized carbons (Fsp3) is 0.556. The number of halogens is 1. The van der Waals surface area contributed by atoms with Crippen molar-refractivity contribution >= 4 is 41.3 Å². The lowest BCUT2D eigenvalue weighted by Gasteiger charge is -2.11. The molecule has 2 aromatic heterocycles. The predicted octanol–water partition coefficient (Wildman–Crippen LogP) is 4.56. The summed E-state index contributed by atoms with van der Waals surface area (Å²) in [6.45, 7) is 8.84. The zero-order valence-electron chi connectivity index (χ0n) is 15.2. The van der Waals surface area contributed by atoms with Gasteiger partial charge in [-0.2, -0.15) is 0 Å². The zero-order chi connectivity index (χ0) is 17.2. The summed E-state index contributed by atoms with van der Waals surface area (Å²) >= 11 is 1.68. The van der Waals surface area contributed by atoms with Crippen LogP contribution < -0.4 is 10.6 Å². The van der Waals surface area contributed by atoms with Crippen molar-refractivity contribution in [2.75, 3.05) is 13.1 Å². The average molecular weight is 476 g/mol. The largest absolute Gasteiger partial charge is 0.469 e. The van der Waals surface area contributed by atoms with Gasteiger partial charge in [0.05, 0.1) is 18.5 Å². The van der Waals surface area contributed by atoms with Crippen LogP contribution in [0.25, 0.3) is 0 Å². The van der Waals surface area contributed by atoms with Crippen molar-refractivity contribution in [3.8, 4) is 0 Å². The van der Waals surface area contributed by atoms with Crippen LogP contribution in [-0.2, 0) is 13.0 Å². The number of hydrogen-bond acceptors (Lipinski definition) is 4. The first-order chi connectivity index (χ1) is 11.7. The summed E-state index contributed by atoms with van der Waals surface area (Å²) in [6.07, 6.45) is 4.85. The number of thiazole rings is 1. The number of aliphatic imine (C=N–C) groups is 1. The Hall–Kier alpha value is -1.09. The van der Waals surface area contributed by atoms with Crippen LogP contribution in [0.2, 0.25) is 0 Å². The van der Waals surface area contributed by atoms with E-state index >= 15 is 0 Å². The summed E-state index contributed by atoms with van der Waals surface area (Å²) in [4.78, 5) is 9.31. The van der Waals surface area contributed by atoms with Crippen LogP contribution in [0.3, 0.4) is 0 Å². The third-order valence-electron chi connectivity index (χ3n) is 3.60. The van der Waals surface area contributed by atoms with E-state index in [1.54, 1.807) is 17.6 Å². The molecule has 0 amide bonds. The maximum Gasteiger partial charge on any atom is 0.191 e. The van der Waals surface area contributed by atoms with Crippen LogP contribution in [0.15, 0.2) is 33.2 Å². The third kappa shape index (κ3) is 8.22. The van der Waals surface area contributed by atoms with Gasteiger partial charge in [0.25, 0.3) is 0 Å². The summed E-state index contributed by atoms with van der Waals surface area (Å²) in [5.41, 5.74) is 1.15. The second kappa shape index (κ2) is 12.3. The van der Waals surface area contributed by atoms with Gasteiger partial charge < -0.3 is 15.1 Å². The molecule has 0 spiro atoms. The lowest BCUT2D eigenvalue weighted by molar-refractivity contribution is 0.506. The van der Waals surface area contributed by atoms with E-state index in [0.717, 1.165) is 54.8 Å². The van der Waals surface area contributed by atoms with Crippen molar-refractivity contribution in [3.63, 3.8) is 0 Å². The fourth-order valence-electron chi connectivity index (χ4n) is 2.13. The number of aromatic nitrogens is 1. The Morgan fingerprint density at radius 1 is 1.32 bits per heavy atom. The van der Waals surface area contributed by atoms with Crippen molar-refractivity contribution in [2.45, 2.75) is 52.5 Å². The van der Waals surface area contributed by atoms with E-state index in [9.17, 15) is 0 Å². The standard InChI is InChI=1S/C18H28N4OS.HI/c1-4-5-9-19-18(20-10-8-15-7-6-11-23-15)21-12-17-22-16(13-24-17)14(2)3;/h6-7,11,13-14H,4-5,8-10,12H2,1-3H3,(H2,19,20,21);1H. The Balaban J connectivity index is 0.00000312. The molecule has 0 aliphatic heterocycles. The minimum atomic E-state index is 0. The van der Waals surface area contributed by atoms with Crippen LogP contribution in [-0.4, -0.2) is 24.0 Å². The molecule has 0 bridgehead atoms. The third-order valence-corrected chi connectivity index (χ3v) is 4.45. The lowest BCUT2D eigenvalue weighted by Crippen LogP contribution is -2.38. The summed E-state index contributed by atoms with van der Waals surface area (Å²) in [5, 5.41) is 9.94. The second-order valence-corrected chi connectivity index (χ2v) is 6.96. The monoisotopic (exact) mass is 476 g/mol. The molecule has 0 atom stereocenters. The Bertz CT molecular complexity index is 610. The van der Waals surface area contributed by atoms with E-state index < -0.39 is 0 Å². The van der Waals surface area contributed by atoms with E-state index in [1.807, 2.05) is 12.1 Å². The quantitative estimate of drug-likeness (QED) is 0.241. The van der Waals surface area contributed by atoms with E-state index in [-0.39, 0.29) is 24.0 Å². The zero-order valence-corrected chi connectivity index (χ0v) is 18.4. The van der Waals surface area contributed by atoms with Gasteiger partial charge in [0.1, 0.15) is 10.8 Å². The Kier molecular flexibility index (Phi) is 10.8. The van der Waals surface area contributed by atoms with Crippen molar-refractivity contribution in [3.05, 3.63) is 40.2 Å². The highest BCUT2D eigenvalue weighted by Crippen LogP contribution is 2.18. The van der Waals surface area contributed by atoms with Crippen molar-refractivity contribution in [1.29, 1.82) is 0 Å². The van der Waals surface area contributed by atoms with Gasteiger partial charge in [-0.25, -0.2) is 9.98 Å². The second-order valence-electron chi connectivity index (χ2n) is 6.02. The molecular formula is C18H29IN4OS. The van der Waals surface area contributed by atoms with Crippen LogP contribution in [0.5, 0.6) is 0 Å². The van der Waals surface area contributed by atoms with Gasteiger partial charge in [-0.15, -0.1) is 35.3 Å². The van der Waals surface area contributed by atoms with Crippen molar-refractivity contribution in [2.24, 2.45) is 4.99 Å². The molecule has 2 heterocycles. The molecule has 2 N–H and O–H groups in total. The fourth-order valence-corrected chi connectivity index (χ4v) is 3.01. The average Bonchev–Trinajstić information content (AvgIpc) is 3.24. The normalized spacial score (nSPS) is 11.4. The maximum absolute atomic E-state index is 5.36. The minimum Gasteiger partial charge on any atom is -0.469 e. The molecule has 0 fully saturated rings. The SMILES string of the molecule is CCCCNC(=NCc1nc(C(C)C)cs1)NCCc1ccco1.I. The first kappa shape index (κ1) is 22.0. The number of unbranched alkanes of at least 4 members (excludes halogenated alkanes) is 1. The van der Waals surface area contributed by atoms with Crippen molar-refractivity contribution < 1.29 is 4.42 Å². The highest BCUT2D eigenvalue weighted by Gasteiger charge is 2.06. The van der Waals surface area contributed by atoms with E-state index in [2.05, 4.69) is 46.8 Å². The highest BCUT2D eigenvalue weighted by atomic mass is 127. The van der Waals surface area contributed by atoms with E-state index in [0.29, 0.717) is 12.5 Å². The molecule has 0 saturated heterocycles. The molecule has 0 radical (unpaired) electrons. The summed E-state index contributed by atoms with van der Waals surface area (Å²) in [7, 11) is 0. The number of nitrogens with one attached hydrogen (secondary N) is 2. The Morgan fingerprint density at radius 2 is 2.12 bits per heavy atom. The molecule has 5 nitrogen and oxygen atoms in total. The summed E-state index contributed by atoms with van der Waals surface area (Å²) < 4.78 is 5.36. The van der Waals surface area contributed by atoms with Crippen LogP contribution in [0.1, 0.15) is 56.0 Å². The molecule has 25 heavy (non-hydrogen) atoms. The van der Waals surface area contributed by atoms with Gasteiger partial charge in [0.2, 0.25) is 0 Å². The number of hydrogen-bond donors (Lipinski definition) is 2. The van der Waals surface area contributed by atoms with Crippen LogP contribution >= 0.6 is 35.3 Å². The maximum atomic E-state index is 5.36. The van der Waals surface area contributed by atoms with Crippen molar-refractivity contribution in [1.82, 2.24) is 15.6 Å². The van der Waals surface area contributed by atoms with E-state index in [4.69, 9.17) is 4.42 Å². The predicted molar refractivity (Wildman–Crippen MR) is 116 cm³/mol. The van der Waals surface area contributed by atoms with Gasteiger partial charge in [0, 0.05) is 24.9 Å². The van der Waals surface area contributed by atoms with Gasteiger partial charge in [-0.3, -0.25) is 0 Å². The number of rotatable bonds is 9. The van der Waals surface area contributed by atoms with Gasteiger partial charge in [-0.05, 0) is 24.5 Å². The molecule has 0 saturated carbocycles. The topological polar surface area (TPSA) is 62.5 Å². The first-order valence-electron chi connectivity index (χ1n) is 8.68. The lowest BCUT2D eigenvalue weighted by atomic mass is 10.2. The highest BCUT2D eigenvalue weighted by molar-refractivity contribution is 14.0. The number of nitrogens with zero attached hydrogens (tertiary/aromatic N) is 2. The molecular weight excluding hydrogens is 447 g/mol. The molecule has 0 aliphatic carbocycles. The molecule has 2 aromatic rings. The number of guanidine groups is 1. The van der Waals surface area contributed by atoms with Crippen LogP contribution in [0.4, 0.5) is 0 Å². The molecule has 2 rings (SSSR count). The Labute approximate surface area is 171 Å².